The van der Waals surface area contributed by atoms with Gasteiger partial charge in [0.25, 0.3) is 5.91 Å². The highest BCUT2D eigenvalue weighted by Crippen LogP contribution is 2.13. The van der Waals surface area contributed by atoms with Crippen LogP contribution in [0, 0.1) is 23.6 Å². The van der Waals surface area contributed by atoms with Crippen LogP contribution in [0.25, 0.3) is 0 Å². The van der Waals surface area contributed by atoms with E-state index in [1.54, 1.807) is 24.3 Å². The van der Waals surface area contributed by atoms with E-state index in [1.807, 2.05) is 12.1 Å². The van der Waals surface area contributed by atoms with Crippen molar-refractivity contribution in [3.63, 3.8) is 0 Å². The van der Waals surface area contributed by atoms with Gasteiger partial charge in [-0.15, -0.1) is 0 Å². The van der Waals surface area contributed by atoms with Gasteiger partial charge in [0.1, 0.15) is 5.82 Å². The Kier molecular flexibility index (Phi) is 5.81. The molecule has 0 spiro atoms. The second-order valence-electron chi connectivity index (χ2n) is 6.10. The first kappa shape index (κ1) is 17.2. The first-order chi connectivity index (χ1) is 12.2. The first-order valence-electron chi connectivity index (χ1n) is 8.44. The maximum Gasteiger partial charge on any atom is 0.251 e. The lowest BCUT2D eigenvalue weighted by molar-refractivity contribution is 0.0642. The topological polar surface area (TPSA) is 38.3 Å². The molecule has 0 bridgehead atoms. The minimum atomic E-state index is -0.276. The quantitative estimate of drug-likeness (QED) is 0.872. The van der Waals surface area contributed by atoms with Gasteiger partial charge in [0.2, 0.25) is 0 Å². The summed E-state index contributed by atoms with van der Waals surface area (Å²) in [6, 6.07) is 13.2. The maximum absolute atomic E-state index is 12.9. The van der Waals surface area contributed by atoms with Crippen LogP contribution in [-0.4, -0.2) is 25.7 Å². The Morgan fingerprint density at radius 2 is 1.56 bits per heavy atom. The molecule has 0 atom stereocenters. The van der Waals surface area contributed by atoms with Gasteiger partial charge in [0.05, 0.1) is 0 Å². The molecule has 1 aliphatic rings. The lowest BCUT2D eigenvalue weighted by atomic mass is 10.0. The standard InChI is InChI=1S/C21H20FNO2/c22-20-9-5-17(6-10-20)2-1-16-3-7-19(8-4-16)21(24)23-15-18-11-13-25-14-12-18/h3-10,18H,11-15H2,(H,23,24). The molecule has 0 radical (unpaired) electrons. The highest BCUT2D eigenvalue weighted by Gasteiger charge is 2.15. The highest BCUT2D eigenvalue weighted by molar-refractivity contribution is 5.94. The zero-order chi connectivity index (χ0) is 17.5. The maximum atomic E-state index is 12.9. The molecule has 0 aromatic heterocycles. The lowest BCUT2D eigenvalue weighted by Gasteiger charge is -2.22. The molecule has 1 saturated heterocycles. The van der Waals surface area contributed by atoms with E-state index in [0.717, 1.165) is 37.2 Å². The number of ether oxygens (including phenoxy) is 1. The molecule has 25 heavy (non-hydrogen) atoms. The molecule has 1 N–H and O–H groups in total. The smallest absolute Gasteiger partial charge is 0.251 e. The first-order valence-corrected chi connectivity index (χ1v) is 8.44. The Hall–Kier alpha value is -2.64. The summed E-state index contributed by atoms with van der Waals surface area (Å²) in [5, 5.41) is 2.99. The third kappa shape index (κ3) is 5.17. The third-order valence-corrected chi connectivity index (χ3v) is 4.23. The number of rotatable bonds is 3. The van der Waals surface area contributed by atoms with Gasteiger partial charge in [-0.2, -0.15) is 0 Å². The summed E-state index contributed by atoms with van der Waals surface area (Å²) in [5.41, 5.74) is 2.18. The summed E-state index contributed by atoms with van der Waals surface area (Å²) in [4.78, 5) is 12.2. The van der Waals surface area contributed by atoms with Crippen molar-refractivity contribution in [3.05, 3.63) is 71.0 Å². The molecule has 1 heterocycles. The monoisotopic (exact) mass is 337 g/mol. The molecular weight excluding hydrogens is 317 g/mol. The van der Waals surface area contributed by atoms with Gasteiger partial charge >= 0.3 is 0 Å². The second kappa shape index (κ2) is 8.46. The molecule has 1 aliphatic heterocycles. The molecule has 2 aromatic rings. The Bertz CT molecular complexity index is 766. The molecule has 3 nitrogen and oxygen atoms in total. The van der Waals surface area contributed by atoms with Gasteiger partial charge in [-0.25, -0.2) is 4.39 Å². The largest absolute Gasteiger partial charge is 0.381 e. The van der Waals surface area contributed by atoms with E-state index < -0.39 is 0 Å². The van der Waals surface area contributed by atoms with Gasteiger partial charge in [0.15, 0.2) is 0 Å². The number of hydrogen-bond donors (Lipinski definition) is 1. The van der Waals surface area contributed by atoms with Crippen molar-refractivity contribution in [1.29, 1.82) is 0 Å². The van der Waals surface area contributed by atoms with Crippen LogP contribution in [0.3, 0.4) is 0 Å². The summed E-state index contributed by atoms with van der Waals surface area (Å²) in [5.74, 6) is 6.15. The fraction of sp³-hybridized carbons (Fsp3) is 0.286. The molecule has 3 rings (SSSR count). The normalized spacial score (nSPS) is 14.4. The van der Waals surface area contributed by atoms with Gasteiger partial charge in [-0.05, 0) is 67.3 Å². The SMILES string of the molecule is O=C(NCC1CCOCC1)c1ccc(C#Cc2ccc(F)cc2)cc1. The summed E-state index contributed by atoms with van der Waals surface area (Å²) >= 11 is 0. The van der Waals surface area contributed by atoms with Crippen LogP contribution in [0.2, 0.25) is 0 Å². The third-order valence-electron chi connectivity index (χ3n) is 4.23. The van der Waals surface area contributed by atoms with Crippen molar-refractivity contribution in [2.75, 3.05) is 19.8 Å². The number of halogens is 1. The molecule has 4 heteroatoms. The van der Waals surface area contributed by atoms with Crippen molar-refractivity contribution >= 4 is 5.91 Å². The number of carbonyl (C=O) groups is 1. The predicted octanol–water partition coefficient (Wildman–Crippen LogP) is 3.38. The molecule has 0 unspecified atom stereocenters. The molecule has 1 fully saturated rings. The minimum absolute atomic E-state index is 0.0652. The van der Waals surface area contributed by atoms with Crippen LogP contribution in [0.15, 0.2) is 48.5 Å². The van der Waals surface area contributed by atoms with Gasteiger partial charge in [-0.3, -0.25) is 4.79 Å². The minimum Gasteiger partial charge on any atom is -0.381 e. The molecule has 0 saturated carbocycles. The van der Waals surface area contributed by atoms with Gasteiger partial charge in [0, 0.05) is 36.4 Å². The zero-order valence-corrected chi connectivity index (χ0v) is 13.9. The number of nitrogens with one attached hydrogen (secondary N) is 1. The summed E-state index contributed by atoms with van der Waals surface area (Å²) in [6.07, 6.45) is 2.00. The second-order valence-corrected chi connectivity index (χ2v) is 6.10. The fourth-order valence-corrected chi connectivity index (χ4v) is 2.67. The average Bonchev–Trinajstić information content (AvgIpc) is 2.67. The molecular formula is C21H20FNO2. The summed E-state index contributed by atoms with van der Waals surface area (Å²) in [7, 11) is 0. The molecule has 2 aromatic carbocycles. The van der Waals surface area contributed by atoms with Crippen LogP contribution >= 0.6 is 0 Å². The number of amides is 1. The van der Waals surface area contributed by atoms with Gasteiger partial charge in [-0.1, -0.05) is 11.8 Å². The van der Waals surface area contributed by atoms with E-state index in [4.69, 9.17) is 4.74 Å². The summed E-state index contributed by atoms with van der Waals surface area (Å²) in [6.45, 7) is 2.25. The van der Waals surface area contributed by atoms with Crippen molar-refractivity contribution in [2.24, 2.45) is 5.92 Å². The lowest BCUT2D eigenvalue weighted by Crippen LogP contribution is -2.32. The van der Waals surface area contributed by atoms with E-state index >= 15 is 0 Å². The Morgan fingerprint density at radius 3 is 2.16 bits per heavy atom. The van der Waals surface area contributed by atoms with Crippen LogP contribution in [0.5, 0.6) is 0 Å². The zero-order valence-electron chi connectivity index (χ0n) is 13.9. The fourth-order valence-electron chi connectivity index (χ4n) is 2.67. The highest BCUT2D eigenvalue weighted by atomic mass is 19.1. The number of benzene rings is 2. The Morgan fingerprint density at radius 1 is 1.00 bits per heavy atom. The van der Waals surface area contributed by atoms with Crippen LogP contribution < -0.4 is 5.32 Å². The molecule has 1 amide bonds. The van der Waals surface area contributed by atoms with Crippen molar-refractivity contribution in [2.45, 2.75) is 12.8 Å². The number of carbonyl (C=O) groups excluding carboxylic acids is 1. The van der Waals surface area contributed by atoms with Crippen LogP contribution in [0.1, 0.15) is 34.3 Å². The van der Waals surface area contributed by atoms with E-state index in [-0.39, 0.29) is 11.7 Å². The number of hydrogen-bond acceptors (Lipinski definition) is 2. The van der Waals surface area contributed by atoms with E-state index in [1.165, 1.54) is 12.1 Å². The van der Waals surface area contributed by atoms with E-state index in [9.17, 15) is 9.18 Å². The average molecular weight is 337 g/mol. The van der Waals surface area contributed by atoms with Crippen molar-refractivity contribution in [1.82, 2.24) is 5.32 Å². The summed E-state index contributed by atoms with van der Waals surface area (Å²) < 4.78 is 18.2. The molecule has 128 valence electrons. The Balaban J connectivity index is 1.56. The van der Waals surface area contributed by atoms with Crippen LogP contribution in [0.4, 0.5) is 4.39 Å². The predicted molar refractivity (Wildman–Crippen MR) is 94.7 cm³/mol. The van der Waals surface area contributed by atoms with Crippen molar-refractivity contribution in [3.8, 4) is 11.8 Å². The van der Waals surface area contributed by atoms with Crippen molar-refractivity contribution < 1.29 is 13.9 Å². The van der Waals surface area contributed by atoms with Crippen LogP contribution in [-0.2, 0) is 4.74 Å². The van der Waals surface area contributed by atoms with Gasteiger partial charge < -0.3 is 10.1 Å². The molecule has 0 aliphatic carbocycles. The van der Waals surface area contributed by atoms with E-state index in [0.29, 0.717) is 18.0 Å². The Labute approximate surface area is 147 Å². The van der Waals surface area contributed by atoms with E-state index in [2.05, 4.69) is 17.2 Å².